The van der Waals surface area contributed by atoms with E-state index in [9.17, 15) is 14.4 Å². The van der Waals surface area contributed by atoms with Crippen molar-refractivity contribution in [3.63, 3.8) is 0 Å². The Labute approximate surface area is 161 Å². The lowest BCUT2D eigenvalue weighted by Gasteiger charge is -2.30. The number of hydrogen-bond acceptors (Lipinski definition) is 6. The summed E-state index contributed by atoms with van der Waals surface area (Å²) in [6.45, 7) is 1.35. The number of ether oxygens (including phenoxy) is 1. The molecule has 0 spiro atoms. The van der Waals surface area contributed by atoms with Gasteiger partial charge in [-0.2, -0.15) is 0 Å². The first-order valence-electron chi connectivity index (χ1n) is 8.50. The Balaban J connectivity index is 1.73. The quantitative estimate of drug-likeness (QED) is 0.683. The maximum atomic E-state index is 12.6. The molecule has 0 aromatic heterocycles. The van der Waals surface area contributed by atoms with E-state index in [-0.39, 0.29) is 18.3 Å². The predicted octanol–water partition coefficient (Wildman–Crippen LogP) is 0.828. The summed E-state index contributed by atoms with van der Waals surface area (Å²) >= 11 is 0. The molecule has 1 atom stereocenters. The van der Waals surface area contributed by atoms with Gasteiger partial charge in [-0.15, -0.1) is 0 Å². The summed E-state index contributed by atoms with van der Waals surface area (Å²) in [7, 11) is 0. The van der Waals surface area contributed by atoms with E-state index in [2.05, 4.69) is 15.7 Å². The monoisotopic (exact) mass is 381 g/mol. The van der Waals surface area contributed by atoms with E-state index in [1.165, 1.54) is 5.01 Å². The smallest absolute Gasteiger partial charge is 0.292 e. The molecule has 1 aliphatic heterocycles. The van der Waals surface area contributed by atoms with Gasteiger partial charge >= 0.3 is 0 Å². The third-order valence-electron chi connectivity index (χ3n) is 3.82. The number of rotatable bonds is 6. The van der Waals surface area contributed by atoms with Crippen LogP contribution in [0.5, 0.6) is 5.75 Å². The molecule has 0 unspecified atom stereocenters. The number of amidine groups is 1. The highest BCUT2D eigenvalue weighted by Gasteiger charge is 2.30. The van der Waals surface area contributed by atoms with Crippen LogP contribution in [0.1, 0.15) is 6.92 Å². The molecule has 9 nitrogen and oxygen atoms in total. The number of nitrogens with zero attached hydrogens (tertiary/aromatic N) is 2. The molecule has 0 radical (unpaired) electrons. The number of aliphatic imine (C=N–C) groups is 1. The normalized spacial score (nSPS) is 16.0. The zero-order valence-electron chi connectivity index (χ0n) is 15.1. The van der Waals surface area contributed by atoms with Gasteiger partial charge in [0.1, 0.15) is 11.8 Å². The number of benzene rings is 2. The summed E-state index contributed by atoms with van der Waals surface area (Å²) in [5, 5.41) is 3.97. The van der Waals surface area contributed by atoms with Crippen molar-refractivity contribution in [2.45, 2.75) is 13.0 Å². The number of anilines is 2. The lowest BCUT2D eigenvalue weighted by molar-refractivity contribution is -0.121. The Morgan fingerprint density at radius 2 is 1.96 bits per heavy atom. The second-order valence-corrected chi connectivity index (χ2v) is 6.01. The molecule has 2 aromatic carbocycles. The van der Waals surface area contributed by atoms with E-state index < -0.39 is 17.9 Å². The number of hydrazine groups is 1. The van der Waals surface area contributed by atoms with Crippen LogP contribution >= 0.6 is 0 Å². The third-order valence-corrected chi connectivity index (χ3v) is 3.82. The van der Waals surface area contributed by atoms with Crippen LogP contribution in [0, 0.1) is 0 Å². The number of nitrogens with two attached hydrogens (primary N) is 1. The van der Waals surface area contributed by atoms with Crippen molar-refractivity contribution in [2.24, 2.45) is 10.7 Å². The molecule has 0 saturated carbocycles. The molecule has 1 heterocycles. The van der Waals surface area contributed by atoms with Crippen LogP contribution in [-0.4, -0.2) is 36.2 Å². The van der Waals surface area contributed by atoms with E-state index >= 15 is 0 Å². The van der Waals surface area contributed by atoms with Crippen LogP contribution in [0.25, 0.3) is 0 Å². The van der Waals surface area contributed by atoms with E-state index in [1.807, 2.05) is 6.07 Å². The lowest BCUT2D eigenvalue weighted by Crippen LogP contribution is -2.57. The number of primary amides is 1. The Morgan fingerprint density at radius 1 is 1.21 bits per heavy atom. The van der Waals surface area contributed by atoms with Crippen molar-refractivity contribution in [3.05, 3.63) is 54.6 Å². The summed E-state index contributed by atoms with van der Waals surface area (Å²) in [5.74, 6) is -1.02. The maximum absolute atomic E-state index is 12.6. The Morgan fingerprint density at radius 3 is 2.68 bits per heavy atom. The van der Waals surface area contributed by atoms with Crippen LogP contribution in [0.4, 0.5) is 11.4 Å². The molecule has 4 N–H and O–H groups in total. The van der Waals surface area contributed by atoms with Gasteiger partial charge in [0.15, 0.2) is 6.61 Å². The summed E-state index contributed by atoms with van der Waals surface area (Å²) < 4.78 is 5.22. The summed E-state index contributed by atoms with van der Waals surface area (Å²) in [6, 6.07) is 14.7. The molecule has 0 saturated heterocycles. The van der Waals surface area contributed by atoms with Gasteiger partial charge in [0.25, 0.3) is 17.7 Å². The highest BCUT2D eigenvalue weighted by molar-refractivity contribution is 6.43. The first-order valence-corrected chi connectivity index (χ1v) is 8.50. The zero-order valence-corrected chi connectivity index (χ0v) is 15.1. The molecule has 9 heteroatoms. The molecule has 2 aromatic rings. The number of para-hydroxylation sites is 1. The second-order valence-electron chi connectivity index (χ2n) is 6.01. The Bertz CT molecular complexity index is 929. The first kappa shape index (κ1) is 18.9. The van der Waals surface area contributed by atoms with Crippen molar-refractivity contribution in [1.82, 2.24) is 5.43 Å². The molecule has 1 aliphatic rings. The maximum Gasteiger partial charge on any atom is 0.292 e. The van der Waals surface area contributed by atoms with Crippen LogP contribution in [0.2, 0.25) is 0 Å². The summed E-state index contributed by atoms with van der Waals surface area (Å²) in [5.41, 5.74) is 8.84. The molecule has 3 rings (SSSR count). The topological polar surface area (TPSA) is 126 Å². The van der Waals surface area contributed by atoms with Gasteiger partial charge in [-0.1, -0.05) is 24.3 Å². The highest BCUT2D eigenvalue weighted by Crippen LogP contribution is 2.19. The fourth-order valence-electron chi connectivity index (χ4n) is 2.51. The van der Waals surface area contributed by atoms with Crippen molar-refractivity contribution in [3.8, 4) is 5.75 Å². The Hall–Kier alpha value is -3.88. The van der Waals surface area contributed by atoms with Crippen molar-refractivity contribution in [2.75, 3.05) is 16.9 Å². The van der Waals surface area contributed by atoms with Crippen LogP contribution < -0.4 is 26.2 Å². The van der Waals surface area contributed by atoms with Crippen LogP contribution in [0.3, 0.4) is 0 Å². The number of amides is 3. The van der Waals surface area contributed by atoms with Crippen LogP contribution in [-0.2, 0) is 14.4 Å². The van der Waals surface area contributed by atoms with Crippen molar-refractivity contribution in [1.29, 1.82) is 0 Å². The SMILES string of the molecule is C[C@H]1N=C(C(=O)Nc2cccc(OCC(N)=O)c2)NN(c2ccccc2)C1=O. The van der Waals surface area contributed by atoms with Gasteiger partial charge in [-0.25, -0.2) is 10.0 Å². The zero-order chi connectivity index (χ0) is 20.1. The average molecular weight is 381 g/mol. The fourth-order valence-corrected chi connectivity index (χ4v) is 2.51. The standard InChI is InChI=1S/C19H19N5O4/c1-12-19(27)24(14-7-3-2-4-8-14)23-17(21-12)18(26)22-13-6-5-9-15(10-13)28-11-16(20)25/h2-10,12H,11H2,1H3,(H2,20,25)(H,21,23)(H,22,26)/t12-/m1/s1. The summed E-state index contributed by atoms with van der Waals surface area (Å²) in [4.78, 5) is 40.0. The number of nitrogens with one attached hydrogen (secondary N) is 2. The van der Waals surface area contributed by atoms with E-state index in [0.717, 1.165) is 0 Å². The fraction of sp³-hybridized carbons (Fsp3) is 0.158. The van der Waals surface area contributed by atoms with Gasteiger partial charge in [0, 0.05) is 11.8 Å². The minimum absolute atomic E-state index is 0.000546. The molecule has 28 heavy (non-hydrogen) atoms. The van der Waals surface area contributed by atoms with E-state index in [1.54, 1.807) is 55.5 Å². The Kier molecular flexibility index (Phi) is 5.54. The van der Waals surface area contributed by atoms with Crippen LogP contribution in [0.15, 0.2) is 59.6 Å². The van der Waals surface area contributed by atoms with Gasteiger partial charge in [-0.3, -0.25) is 19.8 Å². The average Bonchev–Trinajstić information content (AvgIpc) is 2.69. The summed E-state index contributed by atoms with van der Waals surface area (Å²) in [6.07, 6.45) is 0. The molecular formula is C19H19N5O4. The van der Waals surface area contributed by atoms with Gasteiger partial charge in [-0.05, 0) is 31.2 Å². The van der Waals surface area contributed by atoms with Gasteiger partial charge < -0.3 is 15.8 Å². The van der Waals surface area contributed by atoms with Crippen molar-refractivity contribution < 1.29 is 19.1 Å². The molecule has 0 aliphatic carbocycles. The third kappa shape index (κ3) is 4.44. The van der Waals surface area contributed by atoms with Gasteiger partial charge in [0.05, 0.1) is 5.69 Å². The minimum atomic E-state index is -0.715. The molecule has 3 amide bonds. The predicted molar refractivity (Wildman–Crippen MR) is 104 cm³/mol. The number of carbonyl (C=O) groups is 3. The number of hydrogen-bond donors (Lipinski definition) is 3. The minimum Gasteiger partial charge on any atom is -0.484 e. The molecule has 0 fully saturated rings. The molecular weight excluding hydrogens is 362 g/mol. The molecule has 0 bridgehead atoms. The first-order chi connectivity index (χ1) is 13.4. The largest absolute Gasteiger partial charge is 0.484 e. The lowest BCUT2D eigenvalue weighted by atomic mass is 10.2. The highest BCUT2D eigenvalue weighted by atomic mass is 16.5. The van der Waals surface area contributed by atoms with Gasteiger partial charge in [0.2, 0.25) is 5.84 Å². The van der Waals surface area contributed by atoms with Crippen molar-refractivity contribution >= 4 is 34.9 Å². The molecule has 144 valence electrons. The number of carbonyl (C=O) groups excluding carboxylic acids is 3. The van der Waals surface area contributed by atoms with E-state index in [4.69, 9.17) is 10.5 Å². The second kappa shape index (κ2) is 8.21. The van der Waals surface area contributed by atoms with E-state index in [0.29, 0.717) is 17.1 Å².